The van der Waals surface area contributed by atoms with Gasteiger partial charge >= 0.3 is 0 Å². The maximum Gasteiger partial charge on any atom is 0.226 e. The Balaban J connectivity index is 1.66. The molecule has 1 aromatic heterocycles. The second-order valence-electron chi connectivity index (χ2n) is 7.16. The van der Waals surface area contributed by atoms with Crippen molar-refractivity contribution in [3.8, 4) is 17.3 Å². The predicted molar refractivity (Wildman–Crippen MR) is 104 cm³/mol. The molecule has 1 amide bonds. The van der Waals surface area contributed by atoms with E-state index in [4.69, 9.17) is 4.74 Å². The molecule has 5 nitrogen and oxygen atoms in total. The van der Waals surface area contributed by atoms with Crippen LogP contribution in [0.1, 0.15) is 30.5 Å². The number of hydrogen-bond acceptors (Lipinski definition) is 3. The topological polar surface area (TPSA) is 56.2 Å². The van der Waals surface area contributed by atoms with E-state index in [0.717, 1.165) is 18.4 Å². The molecule has 1 N–H and O–H groups in total. The summed E-state index contributed by atoms with van der Waals surface area (Å²) in [7, 11) is 0. The Bertz CT molecular complexity index is 1030. The van der Waals surface area contributed by atoms with Crippen LogP contribution in [0.25, 0.3) is 5.69 Å². The van der Waals surface area contributed by atoms with Gasteiger partial charge in [-0.2, -0.15) is 5.10 Å². The largest absolute Gasteiger partial charge is 0.439 e. The van der Waals surface area contributed by atoms with Gasteiger partial charge in [0.1, 0.15) is 17.4 Å². The lowest BCUT2D eigenvalue weighted by molar-refractivity contribution is -0.121. The van der Waals surface area contributed by atoms with Gasteiger partial charge < -0.3 is 10.1 Å². The lowest BCUT2D eigenvalue weighted by Gasteiger charge is -2.12. The summed E-state index contributed by atoms with van der Waals surface area (Å²) in [6, 6.07) is 12.0. The quantitative estimate of drug-likeness (QED) is 0.640. The molecule has 1 fully saturated rings. The summed E-state index contributed by atoms with van der Waals surface area (Å²) < 4.78 is 34.5. The molecule has 150 valence electrons. The average Bonchev–Trinajstić information content (AvgIpc) is 3.44. The molecule has 0 atom stereocenters. The van der Waals surface area contributed by atoms with Crippen molar-refractivity contribution in [2.24, 2.45) is 0 Å². The molecule has 1 saturated carbocycles. The number of amides is 1. The molecule has 0 spiro atoms. The van der Waals surface area contributed by atoms with E-state index in [-0.39, 0.29) is 11.7 Å². The zero-order chi connectivity index (χ0) is 20.4. The Hall–Kier alpha value is -3.22. The first-order chi connectivity index (χ1) is 14.0. The van der Waals surface area contributed by atoms with Gasteiger partial charge in [-0.05, 0) is 62.6 Å². The number of aryl methyl sites for hydroxylation is 1. The van der Waals surface area contributed by atoms with Crippen molar-refractivity contribution >= 4 is 5.91 Å². The Morgan fingerprint density at radius 1 is 1.17 bits per heavy atom. The number of hydrogen-bond donors (Lipinski definition) is 1. The number of aromatic nitrogens is 2. The van der Waals surface area contributed by atoms with Crippen LogP contribution in [0.3, 0.4) is 0 Å². The highest BCUT2D eigenvalue weighted by Gasteiger charge is 2.24. The number of halogens is 2. The minimum atomic E-state index is -0.419. The fourth-order valence-corrected chi connectivity index (χ4v) is 3.10. The van der Waals surface area contributed by atoms with Crippen LogP contribution in [-0.2, 0) is 11.2 Å². The number of nitrogens with one attached hydrogen (secondary N) is 1. The SMILES string of the molecule is Cc1nn(-c2ccc(F)cc2)c(Oc2cccc(F)c2)c1CCC(=O)NC1CC1. The van der Waals surface area contributed by atoms with Crippen LogP contribution in [0.15, 0.2) is 48.5 Å². The molecule has 4 rings (SSSR count). The monoisotopic (exact) mass is 397 g/mol. The van der Waals surface area contributed by atoms with Gasteiger partial charge in [0.2, 0.25) is 11.8 Å². The van der Waals surface area contributed by atoms with E-state index in [1.54, 1.807) is 28.9 Å². The summed E-state index contributed by atoms with van der Waals surface area (Å²) in [5.74, 6) is -0.0892. The van der Waals surface area contributed by atoms with Gasteiger partial charge in [0.25, 0.3) is 0 Å². The molecule has 1 aliphatic rings. The highest BCUT2D eigenvalue weighted by molar-refractivity contribution is 5.77. The fourth-order valence-electron chi connectivity index (χ4n) is 3.10. The molecule has 2 aromatic carbocycles. The molecular weight excluding hydrogens is 376 g/mol. The summed E-state index contributed by atoms with van der Waals surface area (Å²) in [5, 5.41) is 7.49. The number of benzene rings is 2. The minimum absolute atomic E-state index is 0.0156. The highest BCUT2D eigenvalue weighted by atomic mass is 19.1. The van der Waals surface area contributed by atoms with E-state index in [1.807, 2.05) is 6.92 Å². The van der Waals surface area contributed by atoms with E-state index < -0.39 is 5.82 Å². The van der Waals surface area contributed by atoms with Crippen molar-refractivity contribution in [2.45, 2.75) is 38.6 Å². The molecule has 0 bridgehead atoms. The van der Waals surface area contributed by atoms with Crippen LogP contribution in [-0.4, -0.2) is 21.7 Å². The van der Waals surface area contributed by atoms with Crippen molar-refractivity contribution < 1.29 is 18.3 Å². The van der Waals surface area contributed by atoms with Gasteiger partial charge in [0.05, 0.1) is 11.4 Å². The molecule has 0 radical (unpaired) electrons. The molecule has 3 aromatic rings. The lowest BCUT2D eigenvalue weighted by atomic mass is 10.1. The summed E-state index contributed by atoms with van der Waals surface area (Å²) in [4.78, 5) is 12.1. The maximum atomic E-state index is 13.6. The number of carbonyl (C=O) groups is 1. The van der Waals surface area contributed by atoms with Gasteiger partial charge in [0.15, 0.2) is 0 Å². The third-order valence-corrected chi connectivity index (χ3v) is 4.76. The Labute approximate surface area is 167 Å². The van der Waals surface area contributed by atoms with Gasteiger partial charge in [-0.25, -0.2) is 13.5 Å². The normalized spacial score (nSPS) is 13.3. The molecular formula is C22H21F2N3O2. The van der Waals surface area contributed by atoms with Crippen molar-refractivity contribution in [2.75, 3.05) is 0 Å². The van der Waals surface area contributed by atoms with Gasteiger partial charge in [-0.3, -0.25) is 4.79 Å². The first-order valence-electron chi connectivity index (χ1n) is 9.57. The predicted octanol–water partition coefficient (Wildman–Crippen LogP) is 4.46. The van der Waals surface area contributed by atoms with Crippen molar-refractivity contribution in [1.82, 2.24) is 15.1 Å². The van der Waals surface area contributed by atoms with Gasteiger partial charge in [-0.15, -0.1) is 0 Å². The first kappa shape index (κ1) is 19.1. The third kappa shape index (κ3) is 4.62. The highest BCUT2D eigenvalue weighted by Crippen LogP contribution is 2.32. The Kier molecular flexibility index (Phi) is 5.29. The van der Waals surface area contributed by atoms with Gasteiger partial charge in [-0.1, -0.05) is 6.07 Å². The summed E-state index contributed by atoms with van der Waals surface area (Å²) >= 11 is 0. The van der Waals surface area contributed by atoms with E-state index in [0.29, 0.717) is 41.9 Å². The van der Waals surface area contributed by atoms with Crippen molar-refractivity contribution in [3.05, 3.63) is 71.4 Å². The summed E-state index contributed by atoms with van der Waals surface area (Å²) in [6.07, 6.45) is 2.78. The van der Waals surface area contributed by atoms with Crippen LogP contribution in [0.2, 0.25) is 0 Å². The van der Waals surface area contributed by atoms with E-state index in [1.165, 1.54) is 24.3 Å². The Morgan fingerprint density at radius 3 is 2.62 bits per heavy atom. The van der Waals surface area contributed by atoms with Crippen LogP contribution in [0, 0.1) is 18.6 Å². The molecule has 29 heavy (non-hydrogen) atoms. The average molecular weight is 397 g/mol. The molecule has 1 heterocycles. The number of carbonyl (C=O) groups excluding carboxylic acids is 1. The smallest absolute Gasteiger partial charge is 0.226 e. The number of rotatable bonds is 7. The summed E-state index contributed by atoms with van der Waals surface area (Å²) in [6.45, 7) is 1.83. The van der Waals surface area contributed by atoms with Gasteiger partial charge in [0, 0.05) is 24.1 Å². The molecule has 0 saturated heterocycles. The van der Waals surface area contributed by atoms with Crippen LogP contribution in [0.5, 0.6) is 11.6 Å². The Morgan fingerprint density at radius 2 is 1.93 bits per heavy atom. The second kappa shape index (κ2) is 8.03. The molecule has 7 heteroatoms. The van der Waals surface area contributed by atoms with Crippen molar-refractivity contribution in [1.29, 1.82) is 0 Å². The third-order valence-electron chi connectivity index (χ3n) is 4.76. The standard InChI is InChI=1S/C22H21F2N3O2/c1-14-20(11-12-21(28)25-17-7-8-17)22(29-19-4-2-3-16(24)13-19)27(26-14)18-9-5-15(23)6-10-18/h2-6,9-10,13,17H,7-8,11-12H2,1H3,(H,25,28). The molecule has 1 aliphatic carbocycles. The van der Waals surface area contributed by atoms with E-state index in [9.17, 15) is 13.6 Å². The zero-order valence-corrected chi connectivity index (χ0v) is 16.0. The van der Waals surface area contributed by atoms with E-state index in [2.05, 4.69) is 10.4 Å². The lowest BCUT2D eigenvalue weighted by Crippen LogP contribution is -2.25. The second-order valence-corrected chi connectivity index (χ2v) is 7.16. The van der Waals surface area contributed by atoms with E-state index >= 15 is 0 Å². The minimum Gasteiger partial charge on any atom is -0.439 e. The van der Waals surface area contributed by atoms with Crippen LogP contribution in [0.4, 0.5) is 8.78 Å². The fraction of sp³-hybridized carbons (Fsp3) is 0.273. The summed E-state index contributed by atoms with van der Waals surface area (Å²) in [5.41, 5.74) is 2.05. The number of nitrogens with zero attached hydrogens (tertiary/aromatic N) is 2. The molecule has 0 unspecified atom stereocenters. The number of ether oxygens (including phenoxy) is 1. The van der Waals surface area contributed by atoms with Crippen LogP contribution >= 0.6 is 0 Å². The van der Waals surface area contributed by atoms with Crippen LogP contribution < -0.4 is 10.1 Å². The first-order valence-corrected chi connectivity index (χ1v) is 9.57. The zero-order valence-electron chi connectivity index (χ0n) is 16.0. The molecule has 0 aliphatic heterocycles. The van der Waals surface area contributed by atoms with Crippen molar-refractivity contribution in [3.63, 3.8) is 0 Å². The maximum absolute atomic E-state index is 13.6.